The molecule has 0 aliphatic carbocycles. The predicted octanol–water partition coefficient (Wildman–Crippen LogP) is 4.66. The molecule has 1 nitrogen and oxygen atoms in total. The smallest absolute Gasteiger partial charge is 0.159 e. The lowest BCUT2D eigenvalue weighted by molar-refractivity contribution is 0.489. The Balaban J connectivity index is 2.00. The number of benzene rings is 1. The summed E-state index contributed by atoms with van der Waals surface area (Å²) >= 11 is 1.72. The van der Waals surface area contributed by atoms with Gasteiger partial charge in [0.1, 0.15) is 0 Å². The van der Waals surface area contributed by atoms with Crippen molar-refractivity contribution in [2.24, 2.45) is 0 Å². The second-order valence-electron chi connectivity index (χ2n) is 4.49. The summed E-state index contributed by atoms with van der Waals surface area (Å²) in [5, 5.41) is 5.46. The maximum Gasteiger partial charge on any atom is 0.159 e. The van der Waals surface area contributed by atoms with E-state index in [0.29, 0.717) is 6.54 Å². The minimum Gasteiger partial charge on any atom is -0.305 e. The van der Waals surface area contributed by atoms with Crippen molar-refractivity contribution in [1.29, 1.82) is 0 Å². The first-order valence-electron chi connectivity index (χ1n) is 6.41. The summed E-state index contributed by atoms with van der Waals surface area (Å²) in [5.41, 5.74) is 0.761. The third-order valence-electron chi connectivity index (χ3n) is 3.00. The fraction of sp³-hybridized carbons (Fsp3) is 0.333. The highest BCUT2D eigenvalue weighted by molar-refractivity contribution is 7.10. The van der Waals surface area contributed by atoms with E-state index in [2.05, 4.69) is 23.7 Å². The molecule has 0 radical (unpaired) electrons. The Bertz CT molecular complexity index is 511. The average Bonchev–Trinajstić information content (AvgIpc) is 2.92. The number of rotatable bonds is 6. The first-order chi connectivity index (χ1) is 9.20. The van der Waals surface area contributed by atoms with E-state index in [1.54, 1.807) is 17.4 Å². The summed E-state index contributed by atoms with van der Waals surface area (Å²) in [4.78, 5) is 1.28. The summed E-state index contributed by atoms with van der Waals surface area (Å²) in [6, 6.07) is 8.44. The third-order valence-corrected chi connectivity index (χ3v) is 3.99. The molecule has 1 heterocycles. The molecule has 0 saturated heterocycles. The van der Waals surface area contributed by atoms with Gasteiger partial charge in [0.05, 0.1) is 0 Å². The van der Waals surface area contributed by atoms with Crippen LogP contribution in [0.3, 0.4) is 0 Å². The molecule has 0 saturated carbocycles. The van der Waals surface area contributed by atoms with E-state index in [1.165, 1.54) is 17.0 Å². The maximum atomic E-state index is 13.1. The number of thiophene rings is 1. The molecule has 4 heteroatoms. The lowest BCUT2D eigenvalue weighted by Gasteiger charge is -2.16. The van der Waals surface area contributed by atoms with Crippen LogP contribution in [0.15, 0.2) is 35.7 Å². The van der Waals surface area contributed by atoms with Gasteiger partial charge in [-0.1, -0.05) is 25.5 Å². The van der Waals surface area contributed by atoms with Gasteiger partial charge in [-0.25, -0.2) is 8.78 Å². The van der Waals surface area contributed by atoms with Crippen LogP contribution in [-0.2, 0) is 6.54 Å². The van der Waals surface area contributed by atoms with Crippen LogP contribution >= 0.6 is 11.3 Å². The van der Waals surface area contributed by atoms with Gasteiger partial charge in [0.2, 0.25) is 0 Å². The highest BCUT2D eigenvalue weighted by atomic mass is 32.1. The van der Waals surface area contributed by atoms with Crippen molar-refractivity contribution in [2.45, 2.75) is 32.4 Å². The molecule has 1 aromatic carbocycles. The minimum absolute atomic E-state index is 0.276. The van der Waals surface area contributed by atoms with Crippen molar-refractivity contribution in [2.75, 3.05) is 0 Å². The monoisotopic (exact) mass is 281 g/mol. The molecule has 0 bridgehead atoms. The Morgan fingerprint density at radius 1 is 1.21 bits per heavy atom. The lowest BCUT2D eigenvalue weighted by Crippen LogP contribution is -2.20. The summed E-state index contributed by atoms with van der Waals surface area (Å²) in [5.74, 6) is -1.59. The zero-order valence-electron chi connectivity index (χ0n) is 10.8. The van der Waals surface area contributed by atoms with Crippen molar-refractivity contribution in [3.63, 3.8) is 0 Å². The van der Waals surface area contributed by atoms with Crippen molar-refractivity contribution in [1.82, 2.24) is 5.32 Å². The molecule has 1 aromatic heterocycles. The number of hydrogen-bond acceptors (Lipinski definition) is 2. The largest absolute Gasteiger partial charge is 0.305 e. The molecule has 2 rings (SSSR count). The topological polar surface area (TPSA) is 12.0 Å². The normalized spacial score (nSPS) is 12.6. The molecule has 0 aliphatic heterocycles. The third kappa shape index (κ3) is 3.85. The zero-order chi connectivity index (χ0) is 13.7. The Hall–Kier alpha value is -1.26. The Kier molecular flexibility index (Phi) is 5.05. The van der Waals surface area contributed by atoms with Gasteiger partial charge < -0.3 is 5.32 Å². The molecule has 19 heavy (non-hydrogen) atoms. The van der Waals surface area contributed by atoms with Crippen LogP contribution in [0, 0.1) is 11.6 Å². The van der Waals surface area contributed by atoms with E-state index in [1.807, 2.05) is 6.07 Å². The van der Waals surface area contributed by atoms with Crippen LogP contribution in [0.25, 0.3) is 0 Å². The highest BCUT2D eigenvalue weighted by Crippen LogP contribution is 2.23. The van der Waals surface area contributed by atoms with Crippen molar-refractivity contribution in [3.05, 3.63) is 57.8 Å². The zero-order valence-corrected chi connectivity index (χ0v) is 11.6. The predicted molar refractivity (Wildman–Crippen MR) is 75.2 cm³/mol. The quantitative estimate of drug-likeness (QED) is 0.812. The SMILES string of the molecule is CCCC(NCc1ccc(F)c(F)c1)c1cccs1. The lowest BCUT2D eigenvalue weighted by atomic mass is 10.1. The summed E-state index contributed by atoms with van der Waals surface area (Å²) in [6.45, 7) is 2.68. The van der Waals surface area contributed by atoms with E-state index < -0.39 is 11.6 Å². The fourth-order valence-corrected chi connectivity index (χ4v) is 2.85. The van der Waals surface area contributed by atoms with E-state index >= 15 is 0 Å². The molecular weight excluding hydrogens is 264 g/mol. The van der Waals surface area contributed by atoms with Gasteiger partial charge in [0.15, 0.2) is 11.6 Å². The molecule has 0 spiro atoms. The van der Waals surface area contributed by atoms with Crippen LogP contribution in [0.1, 0.15) is 36.2 Å². The van der Waals surface area contributed by atoms with E-state index in [4.69, 9.17) is 0 Å². The van der Waals surface area contributed by atoms with Crippen LogP contribution in [0.2, 0.25) is 0 Å². The van der Waals surface area contributed by atoms with Gasteiger partial charge in [-0.05, 0) is 35.6 Å². The number of halogens is 2. The standard InChI is InChI=1S/C15H17F2NS/c1-2-4-14(15-5-3-8-19-15)18-10-11-6-7-12(16)13(17)9-11/h3,5-9,14,18H,2,4,10H2,1H3. The molecule has 1 unspecified atom stereocenters. The molecule has 1 N–H and O–H groups in total. The van der Waals surface area contributed by atoms with E-state index in [0.717, 1.165) is 18.4 Å². The van der Waals surface area contributed by atoms with Gasteiger partial charge in [-0.2, -0.15) is 0 Å². The van der Waals surface area contributed by atoms with Crippen LogP contribution in [0.4, 0.5) is 8.78 Å². The van der Waals surface area contributed by atoms with Crippen molar-refractivity contribution in [3.8, 4) is 0 Å². The molecule has 0 aliphatic rings. The molecule has 0 amide bonds. The second kappa shape index (κ2) is 6.78. The van der Waals surface area contributed by atoms with E-state index in [9.17, 15) is 8.78 Å². The first kappa shape index (κ1) is 14.2. The van der Waals surface area contributed by atoms with Crippen molar-refractivity contribution >= 4 is 11.3 Å². The number of nitrogens with one attached hydrogen (secondary N) is 1. The van der Waals surface area contributed by atoms with Crippen LogP contribution in [-0.4, -0.2) is 0 Å². The minimum atomic E-state index is -0.799. The second-order valence-corrected chi connectivity index (χ2v) is 5.47. The molecular formula is C15H17F2NS. The van der Waals surface area contributed by atoms with Gasteiger partial charge in [-0.3, -0.25) is 0 Å². The Morgan fingerprint density at radius 3 is 2.68 bits per heavy atom. The summed E-state index contributed by atoms with van der Waals surface area (Å²) < 4.78 is 26.0. The van der Waals surface area contributed by atoms with Gasteiger partial charge >= 0.3 is 0 Å². The maximum absolute atomic E-state index is 13.1. The number of hydrogen-bond donors (Lipinski definition) is 1. The molecule has 0 fully saturated rings. The average molecular weight is 281 g/mol. The fourth-order valence-electron chi connectivity index (χ4n) is 2.01. The Labute approximate surface area is 116 Å². The van der Waals surface area contributed by atoms with Crippen LogP contribution in [0.5, 0.6) is 0 Å². The van der Waals surface area contributed by atoms with E-state index in [-0.39, 0.29) is 6.04 Å². The molecule has 2 aromatic rings. The Morgan fingerprint density at radius 2 is 2.05 bits per heavy atom. The highest BCUT2D eigenvalue weighted by Gasteiger charge is 2.11. The molecule has 1 atom stereocenters. The summed E-state index contributed by atoms with van der Waals surface area (Å²) in [6.07, 6.45) is 2.11. The van der Waals surface area contributed by atoms with Gasteiger partial charge in [-0.15, -0.1) is 11.3 Å². The van der Waals surface area contributed by atoms with Crippen LogP contribution < -0.4 is 5.32 Å². The van der Waals surface area contributed by atoms with Crippen molar-refractivity contribution < 1.29 is 8.78 Å². The molecule has 102 valence electrons. The first-order valence-corrected chi connectivity index (χ1v) is 7.29. The summed E-state index contributed by atoms with van der Waals surface area (Å²) in [7, 11) is 0. The van der Waals surface area contributed by atoms with Gasteiger partial charge in [0.25, 0.3) is 0 Å². The van der Waals surface area contributed by atoms with Gasteiger partial charge in [0, 0.05) is 17.5 Å².